The number of hydrogen-bond donors (Lipinski definition) is 2. The summed E-state index contributed by atoms with van der Waals surface area (Å²) in [6.45, 7) is 5.64. The van der Waals surface area contributed by atoms with Crippen LogP contribution in [0.5, 0.6) is 0 Å². The molecular formula is C20H21F2N5O2. The third-order valence-corrected chi connectivity index (χ3v) is 4.49. The summed E-state index contributed by atoms with van der Waals surface area (Å²) in [6, 6.07) is 3.48. The standard InChI is InChI=1S/C20H21F2N5O2/c1-10(2)27-18-14(9-24-27)13(7-11(3)25-18)19(28)26-17(20(29)23-4)12-5-6-15(21)16(22)8-12/h5-10,17H,1-4H3,(H,23,29)(H,26,28). The molecular weight excluding hydrogens is 380 g/mol. The van der Waals surface area contributed by atoms with Crippen LogP contribution >= 0.6 is 0 Å². The maximum absolute atomic E-state index is 13.7. The van der Waals surface area contributed by atoms with E-state index in [9.17, 15) is 18.4 Å². The summed E-state index contributed by atoms with van der Waals surface area (Å²) in [7, 11) is 1.39. The first-order valence-electron chi connectivity index (χ1n) is 9.05. The molecule has 1 unspecified atom stereocenters. The zero-order valence-electron chi connectivity index (χ0n) is 16.5. The van der Waals surface area contributed by atoms with Crippen LogP contribution in [0.1, 0.15) is 47.5 Å². The smallest absolute Gasteiger partial charge is 0.253 e. The minimum absolute atomic E-state index is 0.0403. The maximum atomic E-state index is 13.7. The molecule has 1 aromatic carbocycles. The molecule has 2 amide bonds. The van der Waals surface area contributed by atoms with Crippen LogP contribution in [0.25, 0.3) is 11.0 Å². The van der Waals surface area contributed by atoms with Gasteiger partial charge in [-0.25, -0.2) is 18.4 Å². The van der Waals surface area contributed by atoms with Crippen molar-refractivity contribution >= 4 is 22.8 Å². The monoisotopic (exact) mass is 401 g/mol. The van der Waals surface area contributed by atoms with E-state index in [1.54, 1.807) is 23.9 Å². The average molecular weight is 401 g/mol. The van der Waals surface area contributed by atoms with Gasteiger partial charge in [0.15, 0.2) is 17.3 Å². The zero-order valence-corrected chi connectivity index (χ0v) is 16.5. The summed E-state index contributed by atoms with van der Waals surface area (Å²) in [4.78, 5) is 29.8. The van der Waals surface area contributed by atoms with Crippen LogP contribution in [-0.4, -0.2) is 33.6 Å². The molecule has 0 aliphatic heterocycles. The van der Waals surface area contributed by atoms with Crippen molar-refractivity contribution in [3.05, 3.63) is 58.9 Å². The quantitative estimate of drug-likeness (QED) is 0.688. The highest BCUT2D eigenvalue weighted by atomic mass is 19.2. The molecule has 2 N–H and O–H groups in total. The summed E-state index contributed by atoms with van der Waals surface area (Å²) < 4.78 is 28.6. The Balaban J connectivity index is 2.02. The number of benzene rings is 1. The predicted molar refractivity (Wildman–Crippen MR) is 103 cm³/mol. The van der Waals surface area contributed by atoms with E-state index in [-0.39, 0.29) is 17.2 Å². The minimum atomic E-state index is -1.20. The van der Waals surface area contributed by atoms with Crippen LogP contribution in [0.4, 0.5) is 8.78 Å². The molecule has 0 radical (unpaired) electrons. The zero-order chi connectivity index (χ0) is 21.3. The Morgan fingerprint density at radius 3 is 2.48 bits per heavy atom. The molecule has 3 aromatic rings. The molecule has 2 heterocycles. The predicted octanol–water partition coefficient (Wildman–Crippen LogP) is 2.82. The average Bonchev–Trinajstić information content (AvgIpc) is 3.10. The minimum Gasteiger partial charge on any atom is -0.357 e. The van der Waals surface area contributed by atoms with Crippen LogP contribution in [0, 0.1) is 18.6 Å². The summed E-state index contributed by atoms with van der Waals surface area (Å²) in [5.74, 6) is -3.26. The third-order valence-electron chi connectivity index (χ3n) is 4.49. The molecule has 9 heteroatoms. The molecule has 0 spiro atoms. The van der Waals surface area contributed by atoms with Crippen molar-refractivity contribution in [2.75, 3.05) is 7.05 Å². The van der Waals surface area contributed by atoms with Gasteiger partial charge in [0.25, 0.3) is 5.91 Å². The van der Waals surface area contributed by atoms with E-state index in [0.717, 1.165) is 12.1 Å². The first-order chi connectivity index (χ1) is 13.7. The van der Waals surface area contributed by atoms with Gasteiger partial charge < -0.3 is 10.6 Å². The number of amides is 2. The van der Waals surface area contributed by atoms with Gasteiger partial charge in [-0.1, -0.05) is 6.07 Å². The van der Waals surface area contributed by atoms with Crippen LogP contribution < -0.4 is 10.6 Å². The Morgan fingerprint density at radius 1 is 1.14 bits per heavy atom. The van der Waals surface area contributed by atoms with Crippen LogP contribution in [0.2, 0.25) is 0 Å². The van der Waals surface area contributed by atoms with Gasteiger partial charge in [-0.3, -0.25) is 9.59 Å². The van der Waals surface area contributed by atoms with Gasteiger partial charge in [0.1, 0.15) is 6.04 Å². The topological polar surface area (TPSA) is 88.9 Å². The van der Waals surface area contributed by atoms with Crippen LogP contribution in [0.3, 0.4) is 0 Å². The second kappa shape index (κ2) is 7.94. The Bertz CT molecular complexity index is 1090. The molecule has 0 aliphatic rings. The molecule has 0 bridgehead atoms. The van der Waals surface area contributed by atoms with E-state index < -0.39 is 29.5 Å². The van der Waals surface area contributed by atoms with Gasteiger partial charge in [-0.2, -0.15) is 5.10 Å². The molecule has 29 heavy (non-hydrogen) atoms. The Kier molecular flexibility index (Phi) is 5.58. The molecule has 152 valence electrons. The Labute approximate surface area is 166 Å². The summed E-state index contributed by atoms with van der Waals surface area (Å²) in [5.41, 5.74) is 1.57. The number of carbonyl (C=O) groups excluding carboxylic acids is 2. The van der Waals surface area contributed by atoms with E-state index >= 15 is 0 Å². The number of halogens is 2. The lowest BCUT2D eigenvalue weighted by atomic mass is 10.0. The van der Waals surface area contributed by atoms with Crippen molar-refractivity contribution in [2.45, 2.75) is 32.9 Å². The molecule has 0 aliphatic carbocycles. The number of nitrogens with one attached hydrogen (secondary N) is 2. The van der Waals surface area contributed by atoms with Gasteiger partial charge >= 0.3 is 0 Å². The van der Waals surface area contributed by atoms with Gasteiger partial charge in [0, 0.05) is 18.8 Å². The number of aryl methyl sites for hydroxylation is 1. The van der Waals surface area contributed by atoms with Crippen molar-refractivity contribution in [3.63, 3.8) is 0 Å². The van der Waals surface area contributed by atoms with Crippen molar-refractivity contribution in [1.29, 1.82) is 0 Å². The summed E-state index contributed by atoms with van der Waals surface area (Å²) >= 11 is 0. The normalized spacial score (nSPS) is 12.2. The maximum Gasteiger partial charge on any atom is 0.253 e. The van der Waals surface area contributed by atoms with Crippen molar-refractivity contribution < 1.29 is 18.4 Å². The largest absolute Gasteiger partial charge is 0.357 e. The lowest BCUT2D eigenvalue weighted by Gasteiger charge is -2.18. The number of likely N-dealkylation sites (N-methyl/N-ethyl adjacent to an activating group) is 1. The molecule has 0 fully saturated rings. The molecule has 0 saturated heterocycles. The highest BCUT2D eigenvalue weighted by Gasteiger charge is 2.25. The van der Waals surface area contributed by atoms with Crippen molar-refractivity contribution in [3.8, 4) is 0 Å². The van der Waals surface area contributed by atoms with E-state index in [1.165, 1.54) is 13.1 Å². The highest BCUT2D eigenvalue weighted by molar-refractivity contribution is 6.07. The Morgan fingerprint density at radius 2 is 1.86 bits per heavy atom. The van der Waals surface area contributed by atoms with E-state index in [0.29, 0.717) is 16.7 Å². The van der Waals surface area contributed by atoms with Crippen molar-refractivity contribution in [1.82, 2.24) is 25.4 Å². The number of rotatable bonds is 5. The lowest BCUT2D eigenvalue weighted by molar-refractivity contribution is -0.122. The molecule has 1 atom stereocenters. The van der Waals surface area contributed by atoms with E-state index in [1.807, 2.05) is 13.8 Å². The van der Waals surface area contributed by atoms with Crippen molar-refractivity contribution in [2.24, 2.45) is 0 Å². The number of hydrogen-bond acceptors (Lipinski definition) is 4. The summed E-state index contributed by atoms with van der Waals surface area (Å²) in [5, 5.41) is 9.85. The van der Waals surface area contributed by atoms with Gasteiger partial charge in [0.2, 0.25) is 5.91 Å². The number of aromatic nitrogens is 3. The fourth-order valence-corrected chi connectivity index (χ4v) is 3.05. The molecule has 2 aromatic heterocycles. The first kappa shape index (κ1) is 20.4. The number of carbonyl (C=O) groups is 2. The molecule has 0 saturated carbocycles. The van der Waals surface area contributed by atoms with Gasteiger partial charge in [0.05, 0.1) is 17.1 Å². The van der Waals surface area contributed by atoms with Gasteiger partial charge in [-0.15, -0.1) is 0 Å². The second-order valence-electron chi connectivity index (χ2n) is 6.93. The fourth-order valence-electron chi connectivity index (χ4n) is 3.05. The number of nitrogens with zero attached hydrogens (tertiary/aromatic N) is 3. The van der Waals surface area contributed by atoms with E-state index in [4.69, 9.17) is 0 Å². The molecule has 7 nitrogen and oxygen atoms in total. The summed E-state index contributed by atoms with van der Waals surface area (Å²) in [6.07, 6.45) is 1.54. The van der Waals surface area contributed by atoms with Crippen LogP contribution in [0.15, 0.2) is 30.5 Å². The highest BCUT2D eigenvalue weighted by Crippen LogP contribution is 2.23. The Hall–Kier alpha value is -3.36. The number of fused-ring (bicyclic) bond motifs is 1. The lowest BCUT2D eigenvalue weighted by Crippen LogP contribution is -2.39. The first-order valence-corrected chi connectivity index (χ1v) is 9.05. The number of pyridine rings is 1. The van der Waals surface area contributed by atoms with Gasteiger partial charge in [-0.05, 0) is 44.5 Å². The fraction of sp³-hybridized carbons (Fsp3) is 0.300. The second-order valence-corrected chi connectivity index (χ2v) is 6.93. The molecule has 3 rings (SSSR count). The van der Waals surface area contributed by atoms with E-state index in [2.05, 4.69) is 20.7 Å². The SMILES string of the molecule is CNC(=O)C(NC(=O)c1cc(C)nc2c1cnn2C(C)C)c1ccc(F)c(F)c1. The van der Waals surface area contributed by atoms with Crippen LogP contribution in [-0.2, 0) is 4.79 Å². The third kappa shape index (κ3) is 3.94.